The van der Waals surface area contributed by atoms with E-state index >= 15 is 0 Å². The van der Waals surface area contributed by atoms with Crippen LogP contribution < -0.4 is 14.2 Å². The van der Waals surface area contributed by atoms with E-state index in [1.807, 2.05) is 97.1 Å². The van der Waals surface area contributed by atoms with Gasteiger partial charge in [0.2, 0.25) is 34.8 Å². The van der Waals surface area contributed by atoms with Crippen LogP contribution in [0.2, 0.25) is 0 Å². The highest BCUT2D eigenvalue weighted by Crippen LogP contribution is 2.46. The molecule has 0 N–H and O–H groups in total. The molecule has 0 saturated carbocycles. The first kappa shape index (κ1) is 42.5. The highest BCUT2D eigenvalue weighted by Gasteiger charge is 2.39. The number of halogens is 5. The van der Waals surface area contributed by atoms with Crippen molar-refractivity contribution in [1.82, 2.24) is 4.90 Å². The zero-order valence-corrected chi connectivity index (χ0v) is 34.0. The van der Waals surface area contributed by atoms with Gasteiger partial charge in [-0.3, -0.25) is 4.90 Å². The Kier molecular flexibility index (Phi) is 11.9. The molecule has 0 saturated heterocycles. The van der Waals surface area contributed by atoms with E-state index in [4.69, 9.17) is 23.7 Å². The van der Waals surface area contributed by atoms with E-state index in [0.717, 1.165) is 49.4 Å². The number of nitrogens with zero attached hydrogens (tertiary/aromatic N) is 1. The Morgan fingerprint density at radius 3 is 1.49 bits per heavy atom. The van der Waals surface area contributed by atoms with Gasteiger partial charge in [-0.25, -0.2) is 27.6 Å². The fourth-order valence-corrected chi connectivity index (χ4v) is 8.33. The molecule has 63 heavy (non-hydrogen) atoms. The molecule has 6 aromatic carbocycles. The van der Waals surface area contributed by atoms with Crippen molar-refractivity contribution < 1.29 is 60.0 Å². The van der Waals surface area contributed by atoms with Crippen molar-refractivity contribution in [3.05, 3.63) is 172 Å². The third-order valence-electron chi connectivity index (χ3n) is 11.3. The molecule has 6 aromatic rings. The summed E-state index contributed by atoms with van der Waals surface area (Å²) in [7, 11) is 1.37. The SMILES string of the molecule is COc1ccc(CN(C(=O)OCC2c3ccccc3-c3ccccc32)[C@H](C(=O)Oc2c(F)c(F)c(F)c(F)c2F)C(C)C)c(OC(=O)OCC2c3ccccc3-c3ccccc32)c1. The zero-order chi connectivity index (χ0) is 44.5. The molecule has 0 fully saturated rings. The van der Waals surface area contributed by atoms with E-state index < -0.39 is 77.5 Å². The van der Waals surface area contributed by atoms with Crippen molar-refractivity contribution in [2.24, 2.45) is 5.92 Å². The molecule has 0 aromatic heterocycles. The van der Waals surface area contributed by atoms with Gasteiger partial charge in [-0.2, -0.15) is 8.78 Å². The third-order valence-corrected chi connectivity index (χ3v) is 11.3. The van der Waals surface area contributed by atoms with Crippen LogP contribution >= 0.6 is 0 Å². The predicted molar refractivity (Wildman–Crippen MR) is 220 cm³/mol. The van der Waals surface area contributed by atoms with Crippen LogP contribution in [0.25, 0.3) is 22.3 Å². The summed E-state index contributed by atoms with van der Waals surface area (Å²) in [4.78, 5) is 42.8. The maximum absolute atomic E-state index is 14.8. The van der Waals surface area contributed by atoms with Crippen LogP contribution in [0, 0.1) is 35.0 Å². The van der Waals surface area contributed by atoms with E-state index in [1.165, 1.54) is 39.2 Å². The number of ether oxygens (including phenoxy) is 5. The van der Waals surface area contributed by atoms with Crippen LogP contribution in [0.15, 0.2) is 115 Å². The maximum Gasteiger partial charge on any atom is 0.513 e. The molecular formula is C49H38F5NO8. The van der Waals surface area contributed by atoms with E-state index in [0.29, 0.717) is 0 Å². The van der Waals surface area contributed by atoms with Crippen molar-refractivity contribution >= 4 is 18.2 Å². The second-order valence-corrected chi connectivity index (χ2v) is 15.3. The summed E-state index contributed by atoms with van der Waals surface area (Å²) < 4.78 is 99.7. The number of fused-ring (bicyclic) bond motifs is 6. The van der Waals surface area contributed by atoms with Crippen LogP contribution in [-0.4, -0.2) is 49.5 Å². The van der Waals surface area contributed by atoms with Crippen LogP contribution in [-0.2, 0) is 20.8 Å². The number of methoxy groups -OCH3 is 1. The number of benzene rings is 6. The van der Waals surface area contributed by atoms with Crippen LogP contribution in [0.3, 0.4) is 0 Å². The van der Waals surface area contributed by atoms with Gasteiger partial charge in [0.1, 0.15) is 30.8 Å². The van der Waals surface area contributed by atoms with Crippen molar-refractivity contribution in [2.45, 2.75) is 38.3 Å². The first-order chi connectivity index (χ1) is 30.4. The molecule has 2 aliphatic rings. The summed E-state index contributed by atoms with van der Waals surface area (Å²) in [6.07, 6.45) is -2.22. The lowest BCUT2D eigenvalue weighted by molar-refractivity contribution is -0.142. The minimum Gasteiger partial charge on any atom is -0.497 e. The molecule has 0 aliphatic heterocycles. The van der Waals surface area contributed by atoms with Crippen LogP contribution in [0.1, 0.15) is 53.5 Å². The number of hydrogen-bond donors (Lipinski definition) is 0. The van der Waals surface area contributed by atoms with Gasteiger partial charge < -0.3 is 23.7 Å². The minimum atomic E-state index is -2.45. The molecule has 14 heteroatoms. The fraction of sp³-hybridized carbons (Fsp3) is 0.204. The first-order valence-corrected chi connectivity index (χ1v) is 19.9. The lowest BCUT2D eigenvalue weighted by atomic mass is 9.98. The molecule has 0 radical (unpaired) electrons. The Morgan fingerprint density at radius 2 is 1.03 bits per heavy atom. The molecule has 2 aliphatic carbocycles. The molecule has 9 nitrogen and oxygen atoms in total. The summed E-state index contributed by atoms with van der Waals surface area (Å²) in [5.41, 5.74) is 7.67. The van der Waals surface area contributed by atoms with Crippen molar-refractivity contribution in [3.63, 3.8) is 0 Å². The van der Waals surface area contributed by atoms with Gasteiger partial charge >= 0.3 is 18.2 Å². The molecule has 1 atom stereocenters. The van der Waals surface area contributed by atoms with Gasteiger partial charge in [-0.15, -0.1) is 0 Å². The smallest absolute Gasteiger partial charge is 0.497 e. The Labute approximate surface area is 358 Å². The largest absolute Gasteiger partial charge is 0.513 e. The molecule has 0 unspecified atom stereocenters. The van der Waals surface area contributed by atoms with Gasteiger partial charge in [-0.1, -0.05) is 111 Å². The van der Waals surface area contributed by atoms with Gasteiger partial charge in [0.25, 0.3) is 0 Å². The van der Waals surface area contributed by atoms with Crippen molar-refractivity contribution in [2.75, 3.05) is 20.3 Å². The number of carbonyl (C=O) groups is 3. The van der Waals surface area contributed by atoms with Gasteiger partial charge in [0.05, 0.1) is 13.7 Å². The van der Waals surface area contributed by atoms with E-state index in [-0.39, 0.29) is 36.2 Å². The molecule has 0 bridgehead atoms. The summed E-state index contributed by atoms with van der Waals surface area (Å²) in [5, 5.41) is 0. The van der Waals surface area contributed by atoms with Crippen molar-refractivity contribution in [3.8, 4) is 39.5 Å². The molecule has 1 amide bonds. The molecule has 322 valence electrons. The Morgan fingerprint density at radius 1 is 0.587 bits per heavy atom. The number of hydrogen-bond acceptors (Lipinski definition) is 8. The number of amides is 1. The first-order valence-electron chi connectivity index (χ1n) is 19.9. The second-order valence-electron chi connectivity index (χ2n) is 15.3. The van der Waals surface area contributed by atoms with E-state index in [2.05, 4.69) is 0 Å². The minimum absolute atomic E-state index is 0.0863. The highest BCUT2D eigenvalue weighted by atomic mass is 19.2. The number of rotatable bonds is 12. The van der Waals surface area contributed by atoms with Crippen LogP contribution in [0.4, 0.5) is 31.5 Å². The topological polar surface area (TPSA) is 101 Å². The van der Waals surface area contributed by atoms with Gasteiger partial charge in [0.15, 0.2) is 0 Å². The molecular weight excluding hydrogens is 826 g/mol. The molecule has 8 rings (SSSR count). The van der Waals surface area contributed by atoms with Crippen molar-refractivity contribution in [1.29, 1.82) is 0 Å². The summed E-state index contributed by atoms with van der Waals surface area (Å²) in [6, 6.07) is 33.1. The molecule has 0 heterocycles. The Hall–Kier alpha value is -7.22. The summed E-state index contributed by atoms with van der Waals surface area (Å²) >= 11 is 0. The lowest BCUT2D eigenvalue weighted by Gasteiger charge is -2.33. The summed E-state index contributed by atoms with van der Waals surface area (Å²) in [5.74, 6) is -16.9. The van der Waals surface area contributed by atoms with E-state index in [9.17, 15) is 36.3 Å². The predicted octanol–water partition coefficient (Wildman–Crippen LogP) is 11.1. The zero-order valence-electron chi connectivity index (χ0n) is 34.0. The number of esters is 1. The van der Waals surface area contributed by atoms with Gasteiger partial charge in [-0.05, 0) is 62.6 Å². The number of carbonyl (C=O) groups excluding carboxylic acids is 3. The van der Waals surface area contributed by atoms with E-state index in [1.54, 1.807) is 0 Å². The fourth-order valence-electron chi connectivity index (χ4n) is 8.33. The Balaban J connectivity index is 1.10. The normalized spacial score (nSPS) is 13.1. The highest BCUT2D eigenvalue weighted by molar-refractivity contribution is 5.84. The average Bonchev–Trinajstić information content (AvgIpc) is 3.79. The standard InChI is InChI=1S/C49H38F5NO8/c1-26(2)45(47(56)63-46-43(53)41(51)40(50)42(52)44(46)54)55(48(57)60-24-37-33-16-8-4-12-29(33)30-13-5-9-17-34(30)37)23-27-20-21-28(59-3)22-39(27)62-49(58)61-25-38-35-18-10-6-14-31(35)32-15-7-11-19-36(32)38/h4-22,26,37-38,45H,23-25H2,1-3H3/t45-/m0/s1. The lowest BCUT2D eigenvalue weighted by Crippen LogP contribution is -2.50. The van der Waals surface area contributed by atoms with Crippen LogP contribution in [0.5, 0.6) is 17.2 Å². The monoisotopic (exact) mass is 863 g/mol. The molecule has 0 spiro atoms. The maximum atomic E-state index is 14.8. The quantitative estimate of drug-likeness (QED) is 0.0299. The Bertz CT molecular complexity index is 2640. The second kappa shape index (κ2) is 17.6. The summed E-state index contributed by atoms with van der Waals surface area (Å²) in [6.45, 7) is 2.05. The van der Waals surface area contributed by atoms with Gasteiger partial charge in [0, 0.05) is 23.5 Å². The third kappa shape index (κ3) is 8.04. The average molecular weight is 864 g/mol.